The van der Waals surface area contributed by atoms with Crippen LogP contribution in [-0.2, 0) is 35.6 Å². The van der Waals surface area contributed by atoms with Crippen LogP contribution in [0.2, 0.25) is 0 Å². The third-order valence-electron chi connectivity index (χ3n) is 8.67. The van der Waals surface area contributed by atoms with E-state index in [2.05, 4.69) is 27.5 Å². The summed E-state index contributed by atoms with van der Waals surface area (Å²) in [6, 6.07) is 17.3. The average Bonchev–Trinajstić information content (AvgIpc) is 3.46. The minimum atomic E-state index is -3.22. The fourth-order valence-corrected chi connectivity index (χ4v) is 7.57. The number of anilines is 1. The zero-order chi connectivity index (χ0) is 32.2. The van der Waals surface area contributed by atoms with Crippen molar-refractivity contribution in [3.05, 3.63) is 101 Å². The molecule has 1 aliphatic heterocycles. The Morgan fingerprint density at radius 2 is 1.96 bits per heavy atom. The largest absolute Gasteiger partial charge is 0.366 e. The number of ether oxygens (including phenoxy) is 1. The van der Waals surface area contributed by atoms with Crippen LogP contribution >= 0.6 is 10.8 Å². The Bertz CT molecular complexity index is 1610. The molecule has 240 valence electrons. The number of aryl methyl sites for hydroxylation is 2. The fraction of sp³-hybridized carbons (Fsp3) is 0.412. The molecule has 10 nitrogen and oxygen atoms in total. The average molecular weight is 633 g/mol. The van der Waals surface area contributed by atoms with Crippen molar-refractivity contribution >= 4 is 22.4 Å². The van der Waals surface area contributed by atoms with Gasteiger partial charge in [-0.05, 0) is 80.5 Å². The molecule has 2 aromatic carbocycles. The number of aromatic nitrogens is 4. The monoisotopic (exact) mass is 632 g/mol. The van der Waals surface area contributed by atoms with E-state index in [1.165, 1.54) is 0 Å². The predicted octanol–water partition coefficient (Wildman–Crippen LogP) is 7.03. The van der Waals surface area contributed by atoms with Crippen molar-refractivity contribution in [1.29, 1.82) is 0 Å². The zero-order valence-corrected chi connectivity index (χ0v) is 27.5. The number of carbonyl (C=O) groups is 1. The summed E-state index contributed by atoms with van der Waals surface area (Å²) in [6.45, 7) is 11.6. The van der Waals surface area contributed by atoms with E-state index < -0.39 is 22.3 Å². The van der Waals surface area contributed by atoms with Crippen molar-refractivity contribution < 1.29 is 18.6 Å². The second-order valence-electron chi connectivity index (χ2n) is 12.3. The summed E-state index contributed by atoms with van der Waals surface area (Å²) in [5.74, 6) is 0.0648. The van der Waals surface area contributed by atoms with Crippen molar-refractivity contribution in [1.82, 2.24) is 24.3 Å². The highest BCUT2D eigenvalue weighted by Crippen LogP contribution is 2.56. The Labute approximate surface area is 267 Å². The van der Waals surface area contributed by atoms with E-state index in [0.717, 1.165) is 35.1 Å². The highest BCUT2D eigenvalue weighted by molar-refractivity contribution is 8.22. The molecule has 3 heterocycles. The molecule has 2 atom stereocenters. The van der Waals surface area contributed by atoms with Gasteiger partial charge in [0.25, 0.3) is 0 Å². The first-order valence-electron chi connectivity index (χ1n) is 15.5. The standard InChI is InChI=1S/C34H44N6O4S/c1-6-25-17-26-11-8-9-13-31(26)45(42,43)40(20-25)21-28-18-27(15-14-24(28)3)32(44-23-30-22-39(7-2)38-37-30)34(4,5)33(41)36-29-12-10-16-35-19-29/h8-16,18-19,22,25,32,42-43H,6-7,17,20-21,23H2,1-5H3,(H,36,41). The first-order valence-corrected chi connectivity index (χ1v) is 17.0. The number of benzene rings is 2. The molecule has 3 N–H and O–H groups in total. The maximum Gasteiger partial charge on any atom is 0.233 e. The zero-order valence-electron chi connectivity index (χ0n) is 26.7. The van der Waals surface area contributed by atoms with E-state index in [4.69, 9.17) is 4.74 Å². The van der Waals surface area contributed by atoms with Crippen LogP contribution in [0.5, 0.6) is 0 Å². The summed E-state index contributed by atoms with van der Waals surface area (Å²) in [6.07, 6.45) is 6.18. The number of fused-ring (bicyclic) bond motifs is 1. The Hall–Kier alpha value is -3.61. The topological polar surface area (TPSA) is 126 Å². The van der Waals surface area contributed by atoms with Crippen LogP contribution in [0.4, 0.5) is 5.69 Å². The lowest BCUT2D eigenvalue weighted by atomic mass is 9.80. The molecule has 0 bridgehead atoms. The first kappa shape index (κ1) is 32.8. The molecule has 45 heavy (non-hydrogen) atoms. The molecular weight excluding hydrogens is 588 g/mol. The summed E-state index contributed by atoms with van der Waals surface area (Å²) in [5, 5.41) is 11.4. The van der Waals surface area contributed by atoms with Crippen molar-refractivity contribution in [3.8, 4) is 0 Å². The lowest BCUT2D eigenvalue weighted by Gasteiger charge is -2.43. The maximum atomic E-state index is 13.8. The van der Waals surface area contributed by atoms with Gasteiger partial charge in [-0.15, -0.1) is 15.9 Å². The minimum absolute atomic E-state index is 0.166. The predicted molar refractivity (Wildman–Crippen MR) is 177 cm³/mol. The number of pyridine rings is 1. The molecule has 5 rings (SSSR count). The Balaban J connectivity index is 1.48. The van der Waals surface area contributed by atoms with E-state index >= 15 is 0 Å². The van der Waals surface area contributed by atoms with Gasteiger partial charge >= 0.3 is 0 Å². The van der Waals surface area contributed by atoms with Gasteiger partial charge in [-0.25, -0.2) is 0 Å². The van der Waals surface area contributed by atoms with Gasteiger partial charge in [-0.1, -0.05) is 55.0 Å². The molecule has 0 saturated carbocycles. The molecule has 0 aliphatic carbocycles. The van der Waals surface area contributed by atoms with Gasteiger partial charge in [0.1, 0.15) is 5.69 Å². The van der Waals surface area contributed by atoms with Crippen molar-refractivity contribution in [2.45, 2.75) is 78.2 Å². The van der Waals surface area contributed by atoms with Crippen LogP contribution in [-0.4, -0.2) is 45.8 Å². The Kier molecular flexibility index (Phi) is 10.0. The van der Waals surface area contributed by atoms with Crippen molar-refractivity contribution in [3.63, 3.8) is 0 Å². The van der Waals surface area contributed by atoms with E-state index in [-0.39, 0.29) is 18.4 Å². The van der Waals surface area contributed by atoms with Crippen LogP contribution in [0.1, 0.15) is 68.2 Å². The van der Waals surface area contributed by atoms with Gasteiger partial charge in [-0.2, -0.15) is 4.31 Å². The third-order valence-corrected chi connectivity index (χ3v) is 10.7. The molecule has 1 aliphatic rings. The smallest absolute Gasteiger partial charge is 0.233 e. The second kappa shape index (κ2) is 13.8. The number of nitrogens with one attached hydrogen (secondary N) is 1. The van der Waals surface area contributed by atoms with Gasteiger partial charge in [0.2, 0.25) is 5.91 Å². The lowest BCUT2D eigenvalue weighted by molar-refractivity contribution is -0.134. The summed E-state index contributed by atoms with van der Waals surface area (Å²) >= 11 is 0. The highest BCUT2D eigenvalue weighted by Gasteiger charge is 2.40. The molecule has 4 aromatic rings. The number of carbonyl (C=O) groups excluding carboxylic acids is 1. The molecular formula is C34H44N6O4S. The molecule has 2 unspecified atom stereocenters. The summed E-state index contributed by atoms with van der Waals surface area (Å²) < 4.78 is 33.4. The van der Waals surface area contributed by atoms with Gasteiger partial charge < -0.3 is 10.1 Å². The van der Waals surface area contributed by atoms with Gasteiger partial charge in [-0.3, -0.25) is 23.6 Å². The second-order valence-corrected chi connectivity index (χ2v) is 14.3. The van der Waals surface area contributed by atoms with Gasteiger partial charge in [0, 0.05) is 25.8 Å². The van der Waals surface area contributed by atoms with E-state index in [9.17, 15) is 13.9 Å². The summed E-state index contributed by atoms with van der Waals surface area (Å²) in [7, 11) is -3.22. The summed E-state index contributed by atoms with van der Waals surface area (Å²) in [4.78, 5) is 18.5. The number of amides is 1. The molecule has 1 amide bonds. The van der Waals surface area contributed by atoms with E-state index in [0.29, 0.717) is 35.9 Å². The van der Waals surface area contributed by atoms with Crippen molar-refractivity contribution in [2.24, 2.45) is 11.3 Å². The number of rotatable bonds is 11. The van der Waals surface area contributed by atoms with Crippen LogP contribution < -0.4 is 5.32 Å². The molecule has 2 aromatic heterocycles. The molecule has 0 spiro atoms. The molecule has 0 saturated heterocycles. The Morgan fingerprint density at radius 3 is 2.67 bits per heavy atom. The fourth-order valence-electron chi connectivity index (χ4n) is 5.79. The molecule has 11 heteroatoms. The lowest BCUT2D eigenvalue weighted by Crippen LogP contribution is -2.38. The third kappa shape index (κ3) is 7.29. The van der Waals surface area contributed by atoms with Crippen LogP contribution in [0.25, 0.3) is 0 Å². The van der Waals surface area contributed by atoms with Gasteiger partial charge in [0.05, 0.1) is 41.1 Å². The number of hydrogen-bond acceptors (Lipinski definition) is 8. The Morgan fingerprint density at radius 1 is 1.16 bits per heavy atom. The van der Waals surface area contributed by atoms with E-state index in [1.54, 1.807) is 29.2 Å². The van der Waals surface area contributed by atoms with Crippen LogP contribution in [0.15, 0.2) is 78.1 Å². The van der Waals surface area contributed by atoms with E-state index in [1.807, 2.05) is 80.7 Å². The van der Waals surface area contributed by atoms with Crippen molar-refractivity contribution in [2.75, 3.05) is 11.9 Å². The maximum absolute atomic E-state index is 13.8. The number of hydrogen-bond donors (Lipinski definition) is 3. The highest BCUT2D eigenvalue weighted by atomic mass is 32.3. The van der Waals surface area contributed by atoms with Crippen LogP contribution in [0, 0.1) is 18.3 Å². The SMILES string of the molecule is CCC1Cc2ccccc2S(O)(O)N(Cc2cc(C(OCc3cn(CC)nn3)C(C)(C)C(=O)Nc3cccnc3)ccc2C)C1. The van der Waals surface area contributed by atoms with Crippen LogP contribution in [0.3, 0.4) is 0 Å². The van der Waals surface area contributed by atoms with Gasteiger partial charge in [0.15, 0.2) is 0 Å². The molecule has 0 fully saturated rings. The first-order chi connectivity index (χ1) is 21.5. The summed E-state index contributed by atoms with van der Waals surface area (Å²) in [5.41, 5.74) is 4.01. The normalized spacial score (nSPS) is 18.1. The quantitative estimate of drug-likeness (QED) is 0.161. The molecule has 0 radical (unpaired) electrons. The minimum Gasteiger partial charge on any atom is -0.366 e. The number of nitrogens with zero attached hydrogens (tertiary/aromatic N) is 5.